The summed E-state index contributed by atoms with van der Waals surface area (Å²) in [4.78, 5) is 14.7. The molecule has 6 heteroatoms. The van der Waals surface area contributed by atoms with Gasteiger partial charge in [-0.3, -0.25) is 10.1 Å². The molecule has 106 valence electrons. The van der Waals surface area contributed by atoms with Crippen molar-refractivity contribution in [3.63, 3.8) is 0 Å². The second kappa shape index (κ2) is 6.70. The maximum absolute atomic E-state index is 11.2. The largest absolute Gasteiger partial charge is 0.397 e. The zero-order valence-corrected chi connectivity index (χ0v) is 12.3. The third kappa shape index (κ3) is 3.35. The smallest absolute Gasteiger partial charge is 0.311 e. The molecule has 0 unspecified atom stereocenters. The summed E-state index contributed by atoms with van der Waals surface area (Å²) in [6.45, 7) is 5.84. The first kappa shape index (κ1) is 15.7. The normalized spacial score (nSPS) is 11.0. The molecule has 1 aromatic heterocycles. The third-order valence-corrected chi connectivity index (χ3v) is 3.52. The maximum Gasteiger partial charge on any atom is 0.311 e. The second-order valence-electron chi connectivity index (χ2n) is 4.70. The SMILES string of the molecule is CCCC(CCC)c1c(N)c(C)nc(Cl)c1[N+](=O)[O-]. The van der Waals surface area contributed by atoms with Gasteiger partial charge in [0, 0.05) is 0 Å². The summed E-state index contributed by atoms with van der Waals surface area (Å²) in [6.07, 6.45) is 3.61. The molecule has 2 N–H and O–H groups in total. The van der Waals surface area contributed by atoms with Crippen molar-refractivity contribution in [1.29, 1.82) is 0 Å². The molecule has 0 aromatic carbocycles. The van der Waals surface area contributed by atoms with Crippen LogP contribution in [0.3, 0.4) is 0 Å². The van der Waals surface area contributed by atoms with Gasteiger partial charge in [-0.05, 0) is 25.7 Å². The van der Waals surface area contributed by atoms with Crippen LogP contribution < -0.4 is 5.73 Å². The molecule has 1 rings (SSSR count). The first-order valence-corrected chi connectivity index (χ1v) is 6.91. The Morgan fingerprint density at radius 1 is 1.37 bits per heavy atom. The molecule has 0 bridgehead atoms. The van der Waals surface area contributed by atoms with Gasteiger partial charge >= 0.3 is 5.69 Å². The molecule has 0 spiro atoms. The van der Waals surface area contributed by atoms with E-state index < -0.39 is 4.92 Å². The summed E-state index contributed by atoms with van der Waals surface area (Å²) < 4.78 is 0. The second-order valence-corrected chi connectivity index (χ2v) is 5.05. The van der Waals surface area contributed by atoms with E-state index in [4.69, 9.17) is 17.3 Å². The first-order chi connectivity index (χ1) is 8.93. The van der Waals surface area contributed by atoms with Gasteiger partial charge in [-0.1, -0.05) is 38.3 Å². The number of rotatable bonds is 6. The Bertz CT molecular complexity index is 471. The summed E-state index contributed by atoms with van der Waals surface area (Å²) in [7, 11) is 0. The van der Waals surface area contributed by atoms with Crippen LogP contribution in [0.5, 0.6) is 0 Å². The van der Waals surface area contributed by atoms with Gasteiger partial charge in [0.15, 0.2) is 0 Å². The Labute approximate surface area is 118 Å². The molecule has 0 saturated heterocycles. The highest BCUT2D eigenvalue weighted by Crippen LogP contribution is 2.41. The van der Waals surface area contributed by atoms with Crippen molar-refractivity contribution in [2.24, 2.45) is 0 Å². The first-order valence-electron chi connectivity index (χ1n) is 6.53. The van der Waals surface area contributed by atoms with E-state index in [0.717, 1.165) is 25.7 Å². The van der Waals surface area contributed by atoms with Gasteiger partial charge in [-0.25, -0.2) is 4.98 Å². The third-order valence-electron chi connectivity index (χ3n) is 3.26. The fourth-order valence-corrected chi connectivity index (χ4v) is 2.71. The van der Waals surface area contributed by atoms with Crippen LogP contribution in [0.2, 0.25) is 5.15 Å². The van der Waals surface area contributed by atoms with E-state index >= 15 is 0 Å². The predicted molar refractivity (Wildman–Crippen MR) is 77.6 cm³/mol. The van der Waals surface area contributed by atoms with Crippen LogP contribution in [-0.4, -0.2) is 9.91 Å². The number of anilines is 1. The van der Waals surface area contributed by atoms with E-state index in [-0.39, 0.29) is 16.8 Å². The van der Waals surface area contributed by atoms with Crippen LogP contribution in [0, 0.1) is 17.0 Å². The number of hydrogen-bond acceptors (Lipinski definition) is 4. The van der Waals surface area contributed by atoms with E-state index in [1.54, 1.807) is 6.92 Å². The van der Waals surface area contributed by atoms with Crippen molar-refractivity contribution in [3.05, 3.63) is 26.5 Å². The zero-order valence-electron chi connectivity index (χ0n) is 11.6. The highest BCUT2D eigenvalue weighted by Gasteiger charge is 2.29. The molecule has 0 fully saturated rings. The Balaban J connectivity index is 3.47. The lowest BCUT2D eigenvalue weighted by Gasteiger charge is -2.19. The van der Waals surface area contributed by atoms with Gasteiger partial charge in [-0.15, -0.1) is 0 Å². The van der Waals surface area contributed by atoms with Gasteiger partial charge in [0.25, 0.3) is 0 Å². The molecule has 0 atom stereocenters. The summed E-state index contributed by atoms with van der Waals surface area (Å²) in [5, 5.41) is 11.2. The molecule has 1 aromatic rings. The minimum absolute atomic E-state index is 0.0644. The molecule has 0 amide bonds. The zero-order chi connectivity index (χ0) is 14.6. The van der Waals surface area contributed by atoms with E-state index in [1.165, 1.54) is 0 Å². The van der Waals surface area contributed by atoms with Crippen molar-refractivity contribution >= 4 is 23.0 Å². The molecular weight excluding hydrogens is 266 g/mol. The standard InChI is InChI=1S/C13H20ClN3O2/c1-4-6-9(7-5-2)10-11(15)8(3)16-13(14)12(10)17(18)19/h9H,4-7,15H2,1-3H3. The van der Waals surface area contributed by atoms with Crippen LogP contribution in [0.15, 0.2) is 0 Å². The number of aromatic nitrogens is 1. The average molecular weight is 286 g/mol. The highest BCUT2D eigenvalue weighted by molar-refractivity contribution is 6.31. The quantitative estimate of drug-likeness (QED) is 0.482. The molecular formula is C13H20ClN3O2. The van der Waals surface area contributed by atoms with E-state index in [2.05, 4.69) is 18.8 Å². The van der Waals surface area contributed by atoms with Crippen LogP contribution in [0.1, 0.15) is 56.7 Å². The lowest BCUT2D eigenvalue weighted by atomic mass is 9.88. The summed E-state index contributed by atoms with van der Waals surface area (Å²) in [6, 6.07) is 0. The lowest BCUT2D eigenvalue weighted by molar-refractivity contribution is -0.385. The molecule has 0 saturated carbocycles. The van der Waals surface area contributed by atoms with Crippen LogP contribution >= 0.6 is 11.6 Å². The minimum Gasteiger partial charge on any atom is -0.397 e. The van der Waals surface area contributed by atoms with E-state index in [9.17, 15) is 10.1 Å². The number of nitrogens with two attached hydrogens (primary N) is 1. The number of hydrogen-bond donors (Lipinski definition) is 1. The minimum atomic E-state index is -0.473. The van der Waals surface area contributed by atoms with Crippen molar-refractivity contribution in [2.45, 2.75) is 52.4 Å². The molecule has 0 aliphatic rings. The summed E-state index contributed by atoms with van der Waals surface area (Å²) in [5.74, 6) is 0.0644. The van der Waals surface area contributed by atoms with E-state index in [0.29, 0.717) is 16.9 Å². The molecule has 19 heavy (non-hydrogen) atoms. The molecule has 1 heterocycles. The van der Waals surface area contributed by atoms with Gasteiger partial charge in [0.2, 0.25) is 5.15 Å². The maximum atomic E-state index is 11.2. The highest BCUT2D eigenvalue weighted by atomic mass is 35.5. The van der Waals surface area contributed by atoms with Gasteiger partial charge in [-0.2, -0.15) is 0 Å². The number of nitro groups is 1. The molecule has 0 radical (unpaired) electrons. The van der Waals surface area contributed by atoms with Gasteiger partial charge in [0.1, 0.15) is 0 Å². The number of pyridine rings is 1. The number of halogens is 1. The monoisotopic (exact) mass is 285 g/mol. The Morgan fingerprint density at radius 2 is 1.89 bits per heavy atom. The summed E-state index contributed by atoms with van der Waals surface area (Å²) in [5.41, 5.74) is 7.42. The fraction of sp³-hybridized carbons (Fsp3) is 0.615. The van der Waals surface area contributed by atoms with Crippen molar-refractivity contribution < 1.29 is 4.92 Å². The van der Waals surface area contributed by atoms with Crippen molar-refractivity contribution in [3.8, 4) is 0 Å². The van der Waals surface area contributed by atoms with Crippen molar-refractivity contribution in [2.75, 3.05) is 5.73 Å². The molecule has 5 nitrogen and oxygen atoms in total. The lowest BCUT2D eigenvalue weighted by Crippen LogP contribution is -2.10. The van der Waals surface area contributed by atoms with Crippen LogP contribution in [0.4, 0.5) is 11.4 Å². The molecule has 0 aliphatic heterocycles. The topological polar surface area (TPSA) is 82.0 Å². The molecule has 0 aliphatic carbocycles. The van der Waals surface area contributed by atoms with Crippen LogP contribution in [-0.2, 0) is 0 Å². The van der Waals surface area contributed by atoms with Crippen molar-refractivity contribution in [1.82, 2.24) is 4.98 Å². The Hall–Kier alpha value is -1.36. The predicted octanol–water partition coefficient (Wildman–Crippen LogP) is 4.22. The average Bonchev–Trinajstić information content (AvgIpc) is 2.32. The number of nitrogens with zero attached hydrogens (tertiary/aromatic N) is 2. The Morgan fingerprint density at radius 3 is 2.32 bits per heavy atom. The van der Waals surface area contributed by atoms with Gasteiger partial charge in [0.05, 0.1) is 21.9 Å². The fourth-order valence-electron chi connectivity index (χ4n) is 2.41. The van der Waals surface area contributed by atoms with E-state index in [1.807, 2.05) is 0 Å². The Kier molecular flexibility index (Phi) is 5.54. The number of nitrogen functional groups attached to an aromatic ring is 1. The van der Waals surface area contributed by atoms with Gasteiger partial charge < -0.3 is 5.73 Å². The van der Waals surface area contributed by atoms with Crippen LogP contribution in [0.25, 0.3) is 0 Å². The summed E-state index contributed by atoms with van der Waals surface area (Å²) >= 11 is 5.94. The number of aryl methyl sites for hydroxylation is 1.